The van der Waals surface area contributed by atoms with Crippen molar-refractivity contribution in [2.45, 2.75) is 0 Å². The predicted molar refractivity (Wildman–Crippen MR) is 90.6 cm³/mol. The summed E-state index contributed by atoms with van der Waals surface area (Å²) >= 11 is 0. The molecule has 1 aromatic heterocycles. The first-order chi connectivity index (χ1) is 11.2. The number of hydrogen-bond acceptors (Lipinski definition) is 4. The summed E-state index contributed by atoms with van der Waals surface area (Å²) in [6.07, 6.45) is 0. The van der Waals surface area contributed by atoms with E-state index in [2.05, 4.69) is 0 Å². The van der Waals surface area contributed by atoms with Crippen LogP contribution in [0.1, 0.15) is 0 Å². The zero-order valence-electron chi connectivity index (χ0n) is 12.8. The zero-order valence-corrected chi connectivity index (χ0v) is 12.8. The Balaban J connectivity index is 2.27. The summed E-state index contributed by atoms with van der Waals surface area (Å²) in [6.45, 7) is 0. The highest BCUT2D eigenvalue weighted by atomic mass is 16.5. The minimum Gasteiger partial charge on any atom is -0.493 e. The number of benzene rings is 3. The van der Waals surface area contributed by atoms with Crippen molar-refractivity contribution in [1.82, 2.24) is 0 Å². The third kappa shape index (κ3) is 1.88. The Labute approximate surface area is 131 Å². The summed E-state index contributed by atoms with van der Waals surface area (Å²) in [6, 6.07) is 15.5. The average molecular weight is 306 g/mol. The topological polar surface area (TPSA) is 48.7 Å². The molecule has 1 heterocycles. The highest BCUT2D eigenvalue weighted by Crippen LogP contribution is 2.37. The van der Waals surface area contributed by atoms with Crippen LogP contribution in [0.3, 0.4) is 0 Å². The van der Waals surface area contributed by atoms with Crippen molar-refractivity contribution < 1.29 is 13.9 Å². The molecule has 4 nitrogen and oxygen atoms in total. The van der Waals surface area contributed by atoms with Gasteiger partial charge in [0.25, 0.3) is 0 Å². The van der Waals surface area contributed by atoms with Gasteiger partial charge in [-0.3, -0.25) is 0 Å². The summed E-state index contributed by atoms with van der Waals surface area (Å²) in [5, 5.41) is 4.01. The molecule has 0 aliphatic heterocycles. The van der Waals surface area contributed by atoms with Crippen LogP contribution >= 0.6 is 0 Å². The Morgan fingerprint density at radius 1 is 0.826 bits per heavy atom. The second-order valence-corrected chi connectivity index (χ2v) is 5.28. The van der Waals surface area contributed by atoms with Gasteiger partial charge in [-0.15, -0.1) is 0 Å². The van der Waals surface area contributed by atoms with Crippen LogP contribution in [0.4, 0.5) is 0 Å². The van der Waals surface area contributed by atoms with Gasteiger partial charge in [0.05, 0.1) is 14.2 Å². The molecule has 0 fully saturated rings. The number of fused-ring (bicyclic) bond motifs is 5. The molecule has 23 heavy (non-hydrogen) atoms. The SMILES string of the molecule is COc1ccc2c(c1OC)c(=O)oc1c3ccccc3ccc21. The molecule has 0 aliphatic carbocycles. The number of rotatable bonds is 2. The van der Waals surface area contributed by atoms with E-state index in [9.17, 15) is 4.79 Å². The van der Waals surface area contributed by atoms with Crippen LogP contribution < -0.4 is 15.1 Å². The van der Waals surface area contributed by atoms with Crippen molar-refractivity contribution in [2.24, 2.45) is 0 Å². The Bertz CT molecular complexity index is 1110. The second-order valence-electron chi connectivity index (χ2n) is 5.28. The normalized spacial score (nSPS) is 11.2. The molecule has 0 unspecified atom stereocenters. The maximum absolute atomic E-state index is 12.6. The fourth-order valence-corrected chi connectivity index (χ4v) is 3.06. The Hall–Kier alpha value is -3.01. The van der Waals surface area contributed by atoms with E-state index in [1.54, 1.807) is 13.2 Å². The fraction of sp³-hybridized carbons (Fsp3) is 0.105. The third-order valence-corrected chi connectivity index (χ3v) is 4.11. The van der Waals surface area contributed by atoms with Crippen LogP contribution in [-0.2, 0) is 0 Å². The lowest BCUT2D eigenvalue weighted by Crippen LogP contribution is -2.04. The van der Waals surface area contributed by atoms with Gasteiger partial charge in [-0.05, 0) is 23.6 Å². The maximum Gasteiger partial charge on any atom is 0.348 e. The number of methoxy groups -OCH3 is 2. The summed E-state index contributed by atoms with van der Waals surface area (Å²) < 4.78 is 16.3. The van der Waals surface area contributed by atoms with E-state index in [0.29, 0.717) is 22.5 Å². The first-order valence-electron chi connectivity index (χ1n) is 7.24. The molecule has 4 aromatic rings. The maximum atomic E-state index is 12.6. The lowest BCUT2D eigenvalue weighted by molar-refractivity contribution is 0.357. The van der Waals surface area contributed by atoms with E-state index < -0.39 is 5.63 Å². The van der Waals surface area contributed by atoms with Gasteiger partial charge >= 0.3 is 5.63 Å². The van der Waals surface area contributed by atoms with Crippen LogP contribution in [0.2, 0.25) is 0 Å². The number of hydrogen-bond donors (Lipinski definition) is 0. The van der Waals surface area contributed by atoms with Gasteiger partial charge < -0.3 is 13.9 Å². The van der Waals surface area contributed by atoms with Gasteiger partial charge in [0.2, 0.25) is 0 Å². The minimum atomic E-state index is -0.431. The molecule has 0 spiro atoms. The Morgan fingerprint density at radius 3 is 2.39 bits per heavy atom. The van der Waals surface area contributed by atoms with Crippen LogP contribution in [0.15, 0.2) is 57.7 Å². The average Bonchev–Trinajstić information content (AvgIpc) is 2.60. The molecule has 114 valence electrons. The second kappa shape index (κ2) is 5.02. The van der Waals surface area contributed by atoms with Crippen molar-refractivity contribution >= 4 is 32.5 Å². The molecule has 0 atom stereocenters. The van der Waals surface area contributed by atoms with Crippen molar-refractivity contribution in [3.05, 3.63) is 59.0 Å². The smallest absolute Gasteiger partial charge is 0.348 e. The van der Waals surface area contributed by atoms with Gasteiger partial charge in [-0.1, -0.05) is 30.3 Å². The lowest BCUT2D eigenvalue weighted by atomic mass is 10.0. The van der Waals surface area contributed by atoms with Crippen molar-refractivity contribution in [3.8, 4) is 11.5 Å². The quantitative estimate of drug-likeness (QED) is 0.413. The number of ether oxygens (including phenoxy) is 2. The third-order valence-electron chi connectivity index (χ3n) is 4.11. The molecule has 3 aromatic carbocycles. The summed E-state index contributed by atoms with van der Waals surface area (Å²) in [4.78, 5) is 12.6. The van der Waals surface area contributed by atoms with E-state index in [4.69, 9.17) is 13.9 Å². The van der Waals surface area contributed by atoms with Crippen LogP contribution in [0.25, 0.3) is 32.5 Å². The molecule has 0 radical (unpaired) electrons. The van der Waals surface area contributed by atoms with Crippen LogP contribution in [0.5, 0.6) is 11.5 Å². The Kier molecular flexibility index (Phi) is 2.98. The van der Waals surface area contributed by atoms with E-state index in [1.807, 2.05) is 42.5 Å². The summed E-state index contributed by atoms with van der Waals surface area (Å²) in [5.41, 5.74) is 0.160. The van der Waals surface area contributed by atoms with E-state index >= 15 is 0 Å². The van der Waals surface area contributed by atoms with Crippen LogP contribution in [0, 0.1) is 0 Å². The van der Waals surface area contributed by atoms with Crippen molar-refractivity contribution in [3.63, 3.8) is 0 Å². The predicted octanol–water partition coefficient (Wildman–Crippen LogP) is 4.12. The van der Waals surface area contributed by atoms with Gasteiger partial charge in [0.15, 0.2) is 11.5 Å². The molecule has 4 heteroatoms. The largest absolute Gasteiger partial charge is 0.493 e. The molecule has 0 aliphatic rings. The Morgan fingerprint density at radius 2 is 1.61 bits per heavy atom. The summed E-state index contributed by atoms with van der Waals surface area (Å²) in [7, 11) is 3.06. The standard InChI is InChI=1S/C19H14O4/c1-21-15-10-9-13-14-8-7-11-5-3-4-6-12(11)17(14)23-19(20)16(13)18(15)22-2/h3-10H,1-2H3. The first-order valence-corrected chi connectivity index (χ1v) is 7.24. The van der Waals surface area contributed by atoms with E-state index in [-0.39, 0.29) is 0 Å². The molecule has 0 bridgehead atoms. The first kappa shape index (κ1) is 13.6. The van der Waals surface area contributed by atoms with E-state index in [0.717, 1.165) is 21.5 Å². The molecule has 0 N–H and O–H groups in total. The van der Waals surface area contributed by atoms with Gasteiger partial charge in [-0.25, -0.2) is 4.79 Å². The fourth-order valence-electron chi connectivity index (χ4n) is 3.06. The molecule has 4 rings (SSSR count). The van der Waals surface area contributed by atoms with Gasteiger partial charge in [-0.2, -0.15) is 0 Å². The summed E-state index contributed by atoms with van der Waals surface area (Å²) in [5.74, 6) is 0.904. The van der Waals surface area contributed by atoms with E-state index in [1.165, 1.54) is 7.11 Å². The molecule has 0 amide bonds. The van der Waals surface area contributed by atoms with Gasteiger partial charge in [0, 0.05) is 16.2 Å². The van der Waals surface area contributed by atoms with Crippen molar-refractivity contribution in [1.29, 1.82) is 0 Å². The molecular formula is C19H14O4. The highest BCUT2D eigenvalue weighted by molar-refractivity contribution is 6.15. The molecule has 0 saturated carbocycles. The lowest BCUT2D eigenvalue weighted by Gasteiger charge is -2.11. The monoisotopic (exact) mass is 306 g/mol. The molecule has 0 saturated heterocycles. The van der Waals surface area contributed by atoms with Gasteiger partial charge in [0.1, 0.15) is 11.0 Å². The van der Waals surface area contributed by atoms with Crippen LogP contribution in [-0.4, -0.2) is 14.2 Å². The zero-order chi connectivity index (χ0) is 16.0. The minimum absolute atomic E-state index is 0.397. The molecular weight excluding hydrogens is 292 g/mol. The highest BCUT2D eigenvalue weighted by Gasteiger charge is 2.17. The van der Waals surface area contributed by atoms with Crippen molar-refractivity contribution in [2.75, 3.05) is 14.2 Å².